The largest absolute Gasteiger partial charge is 0.507 e. The number of rotatable bonds is 6. The summed E-state index contributed by atoms with van der Waals surface area (Å²) in [6.45, 7) is 2.13. The molecule has 0 spiro atoms. The van der Waals surface area contributed by atoms with Crippen molar-refractivity contribution in [2.45, 2.75) is 12.3 Å². The van der Waals surface area contributed by atoms with Gasteiger partial charge in [-0.3, -0.25) is 4.99 Å². The van der Waals surface area contributed by atoms with Crippen LogP contribution in [0.15, 0.2) is 108 Å². The minimum atomic E-state index is -0.587. The normalized spacial score (nSPS) is 11.5. The lowest BCUT2D eigenvalue weighted by atomic mass is 9.70. The summed E-state index contributed by atoms with van der Waals surface area (Å²) < 4.78 is 5.60. The highest BCUT2D eigenvalue weighted by Crippen LogP contribution is 2.45. The van der Waals surface area contributed by atoms with Gasteiger partial charge in [-0.15, -0.1) is 0 Å². The smallest absolute Gasteiger partial charge is 0.129 e. The Labute approximate surface area is 183 Å². The summed E-state index contributed by atoms with van der Waals surface area (Å²) >= 11 is 0. The van der Waals surface area contributed by atoms with E-state index in [0.29, 0.717) is 11.3 Å². The molecule has 0 heterocycles. The fourth-order valence-corrected chi connectivity index (χ4v) is 3.91. The molecular weight excluding hydrogens is 382 g/mol. The van der Waals surface area contributed by atoms with Gasteiger partial charge in [-0.1, -0.05) is 78.9 Å². The van der Waals surface area contributed by atoms with Crippen LogP contribution in [0, 0.1) is 0 Å². The van der Waals surface area contributed by atoms with Crippen LogP contribution in [0.5, 0.6) is 11.5 Å². The molecule has 0 bridgehead atoms. The van der Waals surface area contributed by atoms with Gasteiger partial charge in [0.05, 0.1) is 12.8 Å². The maximum Gasteiger partial charge on any atom is 0.129 e. The number of aromatic hydroxyl groups is 1. The van der Waals surface area contributed by atoms with E-state index in [2.05, 4.69) is 36.2 Å². The quantitative estimate of drug-likeness (QED) is 0.293. The summed E-state index contributed by atoms with van der Waals surface area (Å²) in [7, 11) is 1.64. The van der Waals surface area contributed by atoms with Gasteiger partial charge in [-0.25, -0.2) is 0 Å². The van der Waals surface area contributed by atoms with Gasteiger partial charge in [-0.05, 0) is 42.3 Å². The highest BCUT2D eigenvalue weighted by atomic mass is 16.5. The van der Waals surface area contributed by atoms with Crippen LogP contribution < -0.4 is 4.74 Å². The fraction of sp³-hybridized carbons (Fsp3) is 0.107. The summed E-state index contributed by atoms with van der Waals surface area (Å²) in [4.78, 5) is 4.54. The molecule has 3 nitrogen and oxygen atoms in total. The van der Waals surface area contributed by atoms with Crippen LogP contribution in [0.4, 0.5) is 5.69 Å². The molecule has 31 heavy (non-hydrogen) atoms. The lowest BCUT2D eigenvalue weighted by Gasteiger charge is -2.33. The number of aliphatic imine (C=N–C) groups is 1. The number of nitrogens with zero attached hydrogens (tertiary/aromatic N) is 1. The molecule has 0 amide bonds. The van der Waals surface area contributed by atoms with Crippen molar-refractivity contribution < 1.29 is 9.84 Å². The van der Waals surface area contributed by atoms with Crippen LogP contribution in [0.1, 0.15) is 29.2 Å². The molecular formula is C28H25NO2. The van der Waals surface area contributed by atoms with E-state index >= 15 is 0 Å². The SMILES string of the molecule is COc1cc(C=Nc2ccccc2)c(O)c(C(C)(c2ccccc2)c2ccccc2)c1. The summed E-state index contributed by atoms with van der Waals surface area (Å²) in [5, 5.41) is 11.4. The van der Waals surface area contributed by atoms with Gasteiger partial charge in [0.25, 0.3) is 0 Å². The van der Waals surface area contributed by atoms with E-state index in [1.165, 1.54) is 0 Å². The van der Waals surface area contributed by atoms with E-state index in [1.54, 1.807) is 13.3 Å². The monoisotopic (exact) mass is 407 g/mol. The highest BCUT2D eigenvalue weighted by molar-refractivity contribution is 5.87. The third kappa shape index (κ3) is 4.08. The Balaban J connectivity index is 1.93. The predicted molar refractivity (Wildman–Crippen MR) is 127 cm³/mol. The molecule has 0 unspecified atom stereocenters. The minimum absolute atomic E-state index is 0.190. The van der Waals surface area contributed by atoms with Crippen molar-refractivity contribution in [2.75, 3.05) is 7.11 Å². The zero-order chi connectivity index (χ0) is 21.7. The molecule has 0 aliphatic carbocycles. The first kappa shape index (κ1) is 20.4. The third-order valence-electron chi connectivity index (χ3n) is 5.70. The van der Waals surface area contributed by atoms with Gasteiger partial charge in [0.1, 0.15) is 11.5 Å². The number of ether oxygens (including phenoxy) is 1. The summed E-state index contributed by atoms with van der Waals surface area (Å²) in [5.41, 5.74) is 3.76. The third-order valence-corrected chi connectivity index (χ3v) is 5.70. The Morgan fingerprint density at radius 2 is 1.29 bits per heavy atom. The molecule has 0 aliphatic heterocycles. The molecule has 0 aliphatic rings. The first-order chi connectivity index (χ1) is 15.1. The summed E-state index contributed by atoms with van der Waals surface area (Å²) in [6, 6.07) is 33.8. The van der Waals surface area contributed by atoms with E-state index < -0.39 is 5.41 Å². The zero-order valence-electron chi connectivity index (χ0n) is 17.7. The van der Waals surface area contributed by atoms with Gasteiger partial charge < -0.3 is 9.84 Å². The predicted octanol–water partition coefficient (Wildman–Crippen LogP) is 6.51. The van der Waals surface area contributed by atoms with Crippen molar-refractivity contribution in [2.24, 2.45) is 4.99 Å². The topological polar surface area (TPSA) is 41.8 Å². The van der Waals surface area contributed by atoms with Crippen LogP contribution in [0.2, 0.25) is 0 Å². The molecule has 0 fully saturated rings. The van der Waals surface area contributed by atoms with Gasteiger partial charge in [0.2, 0.25) is 0 Å². The second-order valence-electron chi connectivity index (χ2n) is 7.56. The number of methoxy groups -OCH3 is 1. The minimum Gasteiger partial charge on any atom is -0.507 e. The van der Waals surface area contributed by atoms with Crippen LogP contribution >= 0.6 is 0 Å². The van der Waals surface area contributed by atoms with Crippen LogP contribution in [-0.4, -0.2) is 18.4 Å². The Kier molecular flexibility index (Phi) is 5.85. The van der Waals surface area contributed by atoms with E-state index in [4.69, 9.17) is 4.74 Å². The standard InChI is InChI=1S/C28H25NO2/c1-28(22-12-6-3-7-13-22,23-14-8-4-9-15-23)26-19-25(31-2)18-21(27(26)30)20-29-24-16-10-5-11-17-24/h3-20,30H,1-2H3. The molecule has 4 aromatic carbocycles. The Hall–Kier alpha value is -3.85. The molecule has 0 atom stereocenters. The zero-order valence-corrected chi connectivity index (χ0v) is 17.7. The highest BCUT2D eigenvalue weighted by Gasteiger charge is 2.34. The number of benzene rings is 4. The summed E-state index contributed by atoms with van der Waals surface area (Å²) in [6.07, 6.45) is 1.69. The van der Waals surface area contributed by atoms with Crippen molar-refractivity contribution in [1.82, 2.24) is 0 Å². The van der Waals surface area contributed by atoms with Gasteiger partial charge in [-0.2, -0.15) is 0 Å². The van der Waals surface area contributed by atoms with E-state index in [1.807, 2.05) is 78.9 Å². The van der Waals surface area contributed by atoms with Gasteiger partial charge in [0, 0.05) is 22.8 Å². The van der Waals surface area contributed by atoms with Gasteiger partial charge in [0.15, 0.2) is 0 Å². The van der Waals surface area contributed by atoms with Crippen molar-refractivity contribution in [1.29, 1.82) is 0 Å². The van der Waals surface area contributed by atoms with E-state index in [0.717, 1.165) is 22.4 Å². The molecule has 1 N–H and O–H groups in total. The molecule has 154 valence electrons. The first-order valence-corrected chi connectivity index (χ1v) is 10.2. The van der Waals surface area contributed by atoms with E-state index in [9.17, 15) is 5.11 Å². The molecule has 3 heteroatoms. The Bertz CT molecular complexity index is 1130. The van der Waals surface area contributed by atoms with Crippen LogP contribution in [-0.2, 0) is 5.41 Å². The second-order valence-corrected chi connectivity index (χ2v) is 7.56. The number of hydrogen-bond acceptors (Lipinski definition) is 3. The van der Waals surface area contributed by atoms with Crippen molar-refractivity contribution in [3.8, 4) is 11.5 Å². The first-order valence-electron chi connectivity index (χ1n) is 10.2. The van der Waals surface area contributed by atoms with Crippen LogP contribution in [0.25, 0.3) is 0 Å². The fourth-order valence-electron chi connectivity index (χ4n) is 3.91. The maximum absolute atomic E-state index is 11.4. The average molecular weight is 408 g/mol. The second kappa shape index (κ2) is 8.88. The lowest BCUT2D eigenvalue weighted by Crippen LogP contribution is -2.25. The Morgan fingerprint density at radius 3 is 1.81 bits per heavy atom. The summed E-state index contributed by atoms with van der Waals surface area (Å²) in [5.74, 6) is 0.857. The molecule has 0 saturated heterocycles. The van der Waals surface area contributed by atoms with Gasteiger partial charge >= 0.3 is 0 Å². The number of phenols is 1. The maximum atomic E-state index is 11.4. The molecule has 0 aromatic heterocycles. The van der Waals surface area contributed by atoms with E-state index in [-0.39, 0.29) is 5.75 Å². The molecule has 0 radical (unpaired) electrons. The number of hydrogen-bond donors (Lipinski definition) is 1. The molecule has 4 rings (SSSR count). The van der Waals surface area contributed by atoms with Crippen LogP contribution in [0.3, 0.4) is 0 Å². The number of para-hydroxylation sites is 1. The van der Waals surface area contributed by atoms with Crippen molar-refractivity contribution in [3.05, 3.63) is 125 Å². The lowest BCUT2D eigenvalue weighted by molar-refractivity contribution is 0.408. The Morgan fingerprint density at radius 1 is 0.774 bits per heavy atom. The average Bonchev–Trinajstić information content (AvgIpc) is 2.84. The molecule has 0 saturated carbocycles. The van der Waals surface area contributed by atoms with Crippen molar-refractivity contribution >= 4 is 11.9 Å². The van der Waals surface area contributed by atoms with Crippen molar-refractivity contribution in [3.63, 3.8) is 0 Å². The number of phenolic OH excluding ortho intramolecular Hbond substituents is 1. The molecule has 4 aromatic rings.